The van der Waals surface area contributed by atoms with Crippen molar-refractivity contribution in [3.05, 3.63) is 106 Å². The Kier molecular flexibility index (Phi) is 13.3. The Hall–Kier alpha value is -2.78. The van der Waals surface area contributed by atoms with Crippen LogP contribution in [0.5, 0.6) is 0 Å². The van der Waals surface area contributed by atoms with E-state index < -0.39 is 0 Å². The minimum atomic E-state index is -0.133. The van der Waals surface area contributed by atoms with E-state index >= 15 is 0 Å². The Balaban J connectivity index is 2.27. The molecule has 2 heterocycles. The summed E-state index contributed by atoms with van der Waals surface area (Å²) in [5.41, 5.74) is 9.77. The first-order chi connectivity index (χ1) is 17.6. The molecule has 0 amide bonds. The molecule has 2 rings (SSSR count). The van der Waals surface area contributed by atoms with Crippen molar-refractivity contribution in [2.24, 2.45) is 0 Å². The largest absolute Gasteiger partial charge is 0.362 e. The second-order valence-corrected chi connectivity index (χ2v) is 10.8. The lowest BCUT2D eigenvalue weighted by molar-refractivity contribution is -0.0167. The highest BCUT2D eigenvalue weighted by atomic mass is 16.5. The van der Waals surface area contributed by atoms with Gasteiger partial charge in [0.2, 0.25) is 0 Å². The third-order valence-corrected chi connectivity index (χ3v) is 6.40. The molecule has 0 saturated carbocycles. The molecule has 0 N–H and O–H groups in total. The Morgan fingerprint density at radius 2 is 1.05 bits per heavy atom. The van der Waals surface area contributed by atoms with Crippen LogP contribution in [0.2, 0.25) is 0 Å². The second kappa shape index (κ2) is 16.1. The Labute approximate surface area is 226 Å². The standard InChI is InChI=1S/C34H48N2O/c1-25(2)11-9-13-27(5)17-21-33(31-19-15-29(7)23-35-31)37-34(32-20-16-30(8)24-36-32)22-18-28(6)14-10-12-26(3)4/h11-12,15-20,23-24,33-34H,9-10,13-14,21-22H2,1-8H3. The molecule has 0 fully saturated rings. The first-order valence-electron chi connectivity index (χ1n) is 13.7. The van der Waals surface area contributed by atoms with E-state index in [0.29, 0.717) is 0 Å². The van der Waals surface area contributed by atoms with Gasteiger partial charge in [0.05, 0.1) is 11.4 Å². The summed E-state index contributed by atoms with van der Waals surface area (Å²) in [4.78, 5) is 9.50. The van der Waals surface area contributed by atoms with Gasteiger partial charge in [0.1, 0.15) is 12.2 Å². The molecule has 0 aliphatic rings. The topological polar surface area (TPSA) is 35.0 Å². The van der Waals surface area contributed by atoms with Gasteiger partial charge in [-0.2, -0.15) is 0 Å². The van der Waals surface area contributed by atoms with Crippen LogP contribution in [0.4, 0.5) is 0 Å². The minimum absolute atomic E-state index is 0.133. The van der Waals surface area contributed by atoms with E-state index in [2.05, 4.69) is 104 Å². The molecule has 2 unspecified atom stereocenters. The molecule has 200 valence electrons. The van der Waals surface area contributed by atoms with E-state index in [-0.39, 0.29) is 12.2 Å². The van der Waals surface area contributed by atoms with Crippen LogP contribution < -0.4 is 0 Å². The molecular formula is C34H48N2O. The Bertz CT molecular complexity index is 976. The van der Waals surface area contributed by atoms with Crippen LogP contribution in [0, 0.1) is 13.8 Å². The highest BCUT2D eigenvalue weighted by Gasteiger charge is 2.21. The molecule has 3 nitrogen and oxygen atoms in total. The van der Waals surface area contributed by atoms with Crippen LogP contribution in [0.25, 0.3) is 0 Å². The van der Waals surface area contributed by atoms with Gasteiger partial charge in [0.25, 0.3) is 0 Å². The molecule has 0 spiro atoms. The van der Waals surface area contributed by atoms with Crippen molar-refractivity contribution < 1.29 is 4.74 Å². The number of rotatable bonds is 14. The van der Waals surface area contributed by atoms with Gasteiger partial charge >= 0.3 is 0 Å². The summed E-state index contributed by atoms with van der Waals surface area (Å²) in [6.45, 7) is 17.2. The summed E-state index contributed by atoms with van der Waals surface area (Å²) < 4.78 is 6.85. The van der Waals surface area contributed by atoms with Crippen molar-refractivity contribution in [1.82, 2.24) is 9.97 Å². The quantitative estimate of drug-likeness (QED) is 0.242. The molecule has 3 heteroatoms. The van der Waals surface area contributed by atoms with E-state index in [4.69, 9.17) is 14.7 Å². The van der Waals surface area contributed by atoms with Crippen LogP contribution >= 0.6 is 0 Å². The molecule has 0 bridgehead atoms. The number of allylic oxidation sites excluding steroid dienone is 6. The average molecular weight is 501 g/mol. The number of ether oxygens (including phenoxy) is 1. The third kappa shape index (κ3) is 12.3. The van der Waals surface area contributed by atoms with Gasteiger partial charge in [-0.1, -0.05) is 58.7 Å². The maximum Gasteiger partial charge on any atom is 0.104 e. The van der Waals surface area contributed by atoms with Crippen LogP contribution in [-0.2, 0) is 4.74 Å². The number of nitrogens with zero attached hydrogens (tertiary/aromatic N) is 2. The number of aryl methyl sites for hydroxylation is 2. The zero-order chi connectivity index (χ0) is 27.2. The predicted molar refractivity (Wildman–Crippen MR) is 159 cm³/mol. The van der Waals surface area contributed by atoms with Gasteiger partial charge in [0.15, 0.2) is 0 Å². The lowest BCUT2D eigenvalue weighted by Crippen LogP contribution is -2.13. The summed E-state index contributed by atoms with van der Waals surface area (Å²) in [6, 6.07) is 8.45. The van der Waals surface area contributed by atoms with E-state index in [0.717, 1.165) is 61.0 Å². The lowest BCUT2D eigenvalue weighted by Gasteiger charge is -2.24. The number of aromatic nitrogens is 2. The van der Waals surface area contributed by atoms with Gasteiger partial charge in [-0.25, -0.2) is 0 Å². The smallest absolute Gasteiger partial charge is 0.104 e. The molecule has 2 atom stereocenters. The molecule has 37 heavy (non-hydrogen) atoms. The normalized spacial score (nSPS) is 13.7. The molecule has 0 saturated heterocycles. The molecule has 0 radical (unpaired) electrons. The van der Waals surface area contributed by atoms with E-state index in [9.17, 15) is 0 Å². The fraction of sp³-hybridized carbons (Fsp3) is 0.471. The fourth-order valence-electron chi connectivity index (χ4n) is 4.03. The monoisotopic (exact) mass is 500 g/mol. The second-order valence-electron chi connectivity index (χ2n) is 10.8. The fourth-order valence-corrected chi connectivity index (χ4v) is 4.03. The number of hydrogen-bond acceptors (Lipinski definition) is 3. The van der Waals surface area contributed by atoms with E-state index in [1.807, 2.05) is 12.4 Å². The van der Waals surface area contributed by atoms with Gasteiger partial charge < -0.3 is 4.74 Å². The van der Waals surface area contributed by atoms with Crippen molar-refractivity contribution in [2.45, 2.75) is 106 Å². The molecule has 2 aromatic heterocycles. The maximum absolute atomic E-state index is 6.85. The van der Waals surface area contributed by atoms with Crippen LogP contribution in [0.1, 0.15) is 115 Å². The molecule has 0 aliphatic heterocycles. The first kappa shape index (κ1) is 30.4. The van der Waals surface area contributed by atoms with Gasteiger partial charge in [-0.3, -0.25) is 9.97 Å². The highest BCUT2D eigenvalue weighted by molar-refractivity contribution is 5.18. The highest BCUT2D eigenvalue weighted by Crippen LogP contribution is 2.32. The SMILES string of the molecule is CC(C)=CCCC(C)=CCC(OC(CC=C(C)CCC=C(C)C)c1ccc(C)cn1)c1ccc(C)cn1. The zero-order valence-electron chi connectivity index (χ0n) is 24.5. The molecule has 0 aromatic carbocycles. The zero-order valence-corrected chi connectivity index (χ0v) is 24.5. The first-order valence-corrected chi connectivity index (χ1v) is 13.7. The summed E-state index contributed by atoms with van der Waals surface area (Å²) in [7, 11) is 0. The van der Waals surface area contributed by atoms with Crippen molar-refractivity contribution >= 4 is 0 Å². The van der Waals surface area contributed by atoms with Crippen molar-refractivity contribution in [3.63, 3.8) is 0 Å². The molecule has 2 aromatic rings. The van der Waals surface area contributed by atoms with E-state index in [1.165, 1.54) is 22.3 Å². The molecular weight excluding hydrogens is 452 g/mol. The van der Waals surface area contributed by atoms with Crippen molar-refractivity contribution in [1.29, 1.82) is 0 Å². The van der Waals surface area contributed by atoms with Crippen molar-refractivity contribution in [2.75, 3.05) is 0 Å². The molecule has 0 aliphatic carbocycles. The van der Waals surface area contributed by atoms with E-state index in [1.54, 1.807) is 0 Å². The Morgan fingerprint density at radius 3 is 1.38 bits per heavy atom. The number of hydrogen-bond donors (Lipinski definition) is 0. The van der Waals surface area contributed by atoms with Crippen molar-refractivity contribution in [3.8, 4) is 0 Å². The van der Waals surface area contributed by atoms with Gasteiger partial charge in [-0.15, -0.1) is 0 Å². The average Bonchev–Trinajstić information content (AvgIpc) is 2.84. The predicted octanol–water partition coefficient (Wildman–Crippen LogP) is 10.1. The summed E-state index contributed by atoms with van der Waals surface area (Å²) in [5, 5.41) is 0. The van der Waals surface area contributed by atoms with Crippen LogP contribution in [0.15, 0.2) is 83.3 Å². The lowest BCUT2D eigenvalue weighted by atomic mass is 10.0. The van der Waals surface area contributed by atoms with Crippen LogP contribution in [0.3, 0.4) is 0 Å². The van der Waals surface area contributed by atoms with Gasteiger partial charge in [0, 0.05) is 12.4 Å². The van der Waals surface area contributed by atoms with Gasteiger partial charge in [-0.05, 0) is 117 Å². The minimum Gasteiger partial charge on any atom is -0.362 e. The maximum atomic E-state index is 6.85. The third-order valence-electron chi connectivity index (χ3n) is 6.40. The number of pyridine rings is 2. The summed E-state index contributed by atoms with van der Waals surface area (Å²) in [5.74, 6) is 0. The van der Waals surface area contributed by atoms with Crippen LogP contribution in [-0.4, -0.2) is 9.97 Å². The summed E-state index contributed by atoms with van der Waals surface area (Å²) >= 11 is 0. The Morgan fingerprint density at radius 1 is 0.649 bits per heavy atom. The summed E-state index contributed by atoms with van der Waals surface area (Å²) in [6.07, 6.45) is 18.7.